The van der Waals surface area contributed by atoms with Crippen molar-refractivity contribution < 1.29 is 18.2 Å². The monoisotopic (exact) mass is 326 g/mol. The van der Waals surface area contributed by atoms with Crippen LogP contribution in [0.25, 0.3) is 0 Å². The minimum Gasteiger partial charge on any atom is -0.750 e. The Morgan fingerprint density at radius 2 is 1.14 bits per heavy atom. The van der Waals surface area contributed by atoms with E-state index in [0.717, 1.165) is 6.42 Å². The Balaban J connectivity index is -0.000000297. The molecule has 0 aliphatic rings. The molecule has 0 saturated carbocycles. The first-order valence-corrected chi connectivity index (χ1v) is 9.19. The van der Waals surface area contributed by atoms with E-state index < -0.39 is 11.4 Å². The van der Waals surface area contributed by atoms with E-state index in [2.05, 4.69) is 24.6 Å². The molecule has 0 spiro atoms. The highest BCUT2D eigenvalue weighted by atomic mass is 32.2. The van der Waals surface area contributed by atoms with Gasteiger partial charge in [-0.15, -0.1) is 0 Å². The molecule has 0 aliphatic heterocycles. The average molecular weight is 327 g/mol. The van der Waals surface area contributed by atoms with Gasteiger partial charge in [-0.3, -0.25) is 0 Å². The molecule has 21 heavy (non-hydrogen) atoms. The summed E-state index contributed by atoms with van der Waals surface area (Å²) in [5.74, 6) is 4.64. The molecule has 0 rings (SSSR count). The summed E-state index contributed by atoms with van der Waals surface area (Å²) in [5, 5.41) is 0. The van der Waals surface area contributed by atoms with Gasteiger partial charge in [0.05, 0.1) is 18.0 Å². The van der Waals surface area contributed by atoms with Crippen LogP contribution in [0.5, 0.6) is 0 Å². The maximum absolute atomic E-state index is 8.56. The molecule has 0 aromatic carbocycles. The second-order valence-corrected chi connectivity index (χ2v) is 5.35. The van der Waals surface area contributed by atoms with Crippen LogP contribution in [-0.2, 0) is 16.2 Å². The van der Waals surface area contributed by atoms with E-state index in [-0.39, 0.29) is 0 Å². The molecule has 1 unspecified atom stereocenters. The third kappa shape index (κ3) is 53.6. The SMILES string of the molecule is CCCCCCCCCCCC.CCCON.O=S([O-])O. The number of unbranched alkanes of at least 4 members (excludes halogenated alkanes) is 9. The molecule has 0 aliphatic carbocycles. The summed E-state index contributed by atoms with van der Waals surface area (Å²) < 4.78 is 24.1. The molecule has 0 heterocycles. The van der Waals surface area contributed by atoms with E-state index in [1.54, 1.807) is 0 Å². The zero-order valence-corrected chi connectivity index (χ0v) is 15.0. The van der Waals surface area contributed by atoms with Crippen molar-refractivity contribution in [1.29, 1.82) is 0 Å². The van der Waals surface area contributed by atoms with Gasteiger partial charge in [0.2, 0.25) is 0 Å². The van der Waals surface area contributed by atoms with Gasteiger partial charge in [0.25, 0.3) is 0 Å². The van der Waals surface area contributed by atoms with Crippen molar-refractivity contribution >= 4 is 11.4 Å². The second kappa shape index (κ2) is 28.2. The Hall–Kier alpha value is -0.0100. The van der Waals surface area contributed by atoms with E-state index in [1.165, 1.54) is 64.2 Å². The van der Waals surface area contributed by atoms with Crippen molar-refractivity contribution in [3.63, 3.8) is 0 Å². The Morgan fingerprint density at radius 3 is 1.29 bits per heavy atom. The first kappa shape index (κ1) is 25.9. The van der Waals surface area contributed by atoms with E-state index >= 15 is 0 Å². The minimum absolute atomic E-state index is 0.667. The molecule has 0 radical (unpaired) electrons. The van der Waals surface area contributed by atoms with Gasteiger partial charge in [-0.1, -0.05) is 85.0 Å². The minimum atomic E-state index is -2.86. The van der Waals surface area contributed by atoms with E-state index in [9.17, 15) is 0 Å². The molecule has 6 heteroatoms. The van der Waals surface area contributed by atoms with Crippen LogP contribution in [0.1, 0.15) is 91.4 Å². The molecule has 5 nitrogen and oxygen atoms in total. The van der Waals surface area contributed by atoms with E-state index in [4.69, 9.17) is 13.3 Å². The zero-order chi connectivity index (χ0) is 16.8. The van der Waals surface area contributed by atoms with Crippen LogP contribution in [0.15, 0.2) is 0 Å². The lowest BCUT2D eigenvalue weighted by Gasteiger charge is -1.99. The highest BCUT2D eigenvalue weighted by Crippen LogP contribution is 2.09. The Morgan fingerprint density at radius 1 is 0.857 bits per heavy atom. The second-order valence-electron chi connectivity index (χ2n) is 4.92. The topological polar surface area (TPSA) is 95.6 Å². The average Bonchev–Trinajstić information content (AvgIpc) is 2.43. The fourth-order valence-electron chi connectivity index (χ4n) is 1.68. The Labute approximate surface area is 134 Å². The first-order chi connectivity index (χ1) is 10.1. The van der Waals surface area contributed by atoms with Crippen LogP contribution in [0.3, 0.4) is 0 Å². The summed E-state index contributed by atoms with van der Waals surface area (Å²) >= 11 is -2.86. The Bertz CT molecular complexity index is 167. The largest absolute Gasteiger partial charge is 0.750 e. The van der Waals surface area contributed by atoms with Gasteiger partial charge >= 0.3 is 0 Å². The third-order valence-electron chi connectivity index (χ3n) is 2.78. The van der Waals surface area contributed by atoms with Gasteiger partial charge in [0.15, 0.2) is 0 Å². The third-order valence-corrected chi connectivity index (χ3v) is 2.78. The molecule has 3 N–H and O–H groups in total. The van der Waals surface area contributed by atoms with Crippen LogP contribution in [0.4, 0.5) is 0 Å². The van der Waals surface area contributed by atoms with Gasteiger partial charge in [-0.25, -0.2) is 10.1 Å². The molecule has 0 aromatic heterocycles. The normalized spacial score (nSPS) is 11.0. The fourth-order valence-corrected chi connectivity index (χ4v) is 1.68. The fraction of sp³-hybridized carbons (Fsp3) is 1.00. The summed E-state index contributed by atoms with van der Waals surface area (Å²) in [5.41, 5.74) is 0. The molecule has 0 amide bonds. The van der Waals surface area contributed by atoms with Crippen molar-refractivity contribution in [2.24, 2.45) is 5.90 Å². The van der Waals surface area contributed by atoms with Gasteiger partial charge < -0.3 is 13.9 Å². The van der Waals surface area contributed by atoms with Gasteiger partial charge in [-0.2, -0.15) is 0 Å². The van der Waals surface area contributed by atoms with Gasteiger partial charge in [0.1, 0.15) is 0 Å². The van der Waals surface area contributed by atoms with E-state index in [1.807, 2.05) is 6.92 Å². The predicted molar refractivity (Wildman–Crippen MR) is 89.5 cm³/mol. The van der Waals surface area contributed by atoms with Crippen LogP contribution in [-0.4, -0.2) is 19.9 Å². The van der Waals surface area contributed by atoms with Crippen molar-refractivity contribution in [2.75, 3.05) is 6.61 Å². The van der Waals surface area contributed by atoms with Gasteiger partial charge in [0, 0.05) is 0 Å². The van der Waals surface area contributed by atoms with Crippen LogP contribution >= 0.6 is 0 Å². The van der Waals surface area contributed by atoms with Crippen molar-refractivity contribution in [2.45, 2.75) is 91.4 Å². The lowest BCUT2D eigenvalue weighted by Crippen LogP contribution is -1.97. The number of nitrogens with two attached hydrogens (primary N) is 1. The maximum atomic E-state index is 8.56. The summed E-state index contributed by atoms with van der Waals surface area (Å²) in [6.45, 7) is 7.23. The van der Waals surface area contributed by atoms with Crippen molar-refractivity contribution in [3.8, 4) is 0 Å². The quantitative estimate of drug-likeness (QED) is 0.330. The predicted octanol–water partition coefficient (Wildman–Crippen LogP) is 4.55. The van der Waals surface area contributed by atoms with Crippen LogP contribution in [0.2, 0.25) is 0 Å². The summed E-state index contributed by atoms with van der Waals surface area (Å²) in [4.78, 5) is 4.19. The zero-order valence-electron chi connectivity index (χ0n) is 14.1. The van der Waals surface area contributed by atoms with Crippen LogP contribution in [0, 0.1) is 0 Å². The molecule has 132 valence electrons. The molecule has 0 aromatic rings. The lowest BCUT2D eigenvalue weighted by atomic mass is 10.1. The van der Waals surface area contributed by atoms with Crippen molar-refractivity contribution in [1.82, 2.24) is 0 Å². The standard InChI is InChI=1S/C12H26.C3H9NO.H2O3S/c1-3-5-7-9-11-12-10-8-6-4-2;1-2-3-5-4;1-4(2)3/h3-12H2,1-2H3;2-4H2,1H3;(H2,1,2,3)/p-1. The number of hydrogen-bond donors (Lipinski definition) is 2. The maximum Gasteiger partial charge on any atom is 0.0814 e. The molecule has 0 fully saturated rings. The summed E-state index contributed by atoms with van der Waals surface area (Å²) in [6, 6.07) is 0. The molecule has 1 atom stereocenters. The number of hydrogen-bond acceptors (Lipinski definition) is 4. The molecule has 0 saturated heterocycles. The lowest BCUT2D eigenvalue weighted by molar-refractivity contribution is 0.138. The number of rotatable bonds is 11. The van der Waals surface area contributed by atoms with Crippen molar-refractivity contribution in [3.05, 3.63) is 0 Å². The smallest absolute Gasteiger partial charge is 0.0814 e. The Kier molecular flexibility index (Phi) is 34.8. The first-order valence-electron chi connectivity index (χ1n) is 8.16. The summed E-state index contributed by atoms with van der Waals surface area (Å²) in [7, 11) is 0. The highest BCUT2D eigenvalue weighted by Gasteiger charge is 1.90. The molecular weight excluding hydrogens is 290 g/mol. The van der Waals surface area contributed by atoms with Crippen LogP contribution < -0.4 is 5.90 Å². The molecule has 0 bridgehead atoms. The van der Waals surface area contributed by atoms with E-state index in [0.29, 0.717) is 6.61 Å². The highest BCUT2D eigenvalue weighted by molar-refractivity contribution is 7.73. The summed E-state index contributed by atoms with van der Waals surface area (Å²) in [6.07, 6.45) is 15.4. The van der Waals surface area contributed by atoms with Gasteiger partial charge in [-0.05, 0) is 6.42 Å². The molecular formula is C15H36NO4S-.